The zero-order chi connectivity index (χ0) is 25.0. The molecule has 1 rings (SSSR count). The molecular weight excluding hydrogens is 418 g/mol. The molecule has 0 bridgehead atoms. The van der Waals surface area contributed by atoms with Crippen molar-refractivity contribution in [3.8, 4) is 11.5 Å². The molecule has 0 N–H and O–H groups in total. The second kappa shape index (κ2) is 14.7. The van der Waals surface area contributed by atoms with Gasteiger partial charge in [0.05, 0.1) is 13.7 Å². The fraction of sp³-hybridized carbons (Fsp3) is 0.630. The summed E-state index contributed by atoms with van der Waals surface area (Å²) in [7, 11) is 6.83. The molecule has 2 atom stereocenters. The van der Waals surface area contributed by atoms with Crippen molar-refractivity contribution in [3.05, 3.63) is 35.9 Å². The van der Waals surface area contributed by atoms with Gasteiger partial charge in [0.25, 0.3) is 0 Å². The van der Waals surface area contributed by atoms with E-state index in [4.69, 9.17) is 14.2 Å². The molecule has 6 nitrogen and oxygen atoms in total. The van der Waals surface area contributed by atoms with Crippen molar-refractivity contribution < 1.29 is 23.8 Å². The van der Waals surface area contributed by atoms with Crippen molar-refractivity contribution in [1.82, 2.24) is 4.90 Å². The Kier molecular flexibility index (Phi) is 12.8. The van der Waals surface area contributed by atoms with E-state index in [0.717, 1.165) is 6.42 Å². The van der Waals surface area contributed by atoms with Gasteiger partial charge in [0, 0.05) is 51.6 Å². The minimum atomic E-state index is -0.155. The zero-order valence-electron chi connectivity index (χ0n) is 21.7. The van der Waals surface area contributed by atoms with Gasteiger partial charge >= 0.3 is 0 Å². The monoisotopic (exact) mass is 461 g/mol. The van der Waals surface area contributed by atoms with E-state index in [1.54, 1.807) is 51.4 Å². The van der Waals surface area contributed by atoms with Crippen molar-refractivity contribution in [2.75, 3.05) is 41.5 Å². The number of ketones is 1. The van der Waals surface area contributed by atoms with Gasteiger partial charge in [0.2, 0.25) is 5.91 Å². The van der Waals surface area contributed by atoms with Crippen molar-refractivity contribution in [1.29, 1.82) is 0 Å². The van der Waals surface area contributed by atoms with Crippen LogP contribution in [0, 0.1) is 23.7 Å². The van der Waals surface area contributed by atoms with Crippen LogP contribution in [0.1, 0.15) is 57.3 Å². The van der Waals surface area contributed by atoms with Crippen LogP contribution in [0.25, 0.3) is 0 Å². The molecule has 0 aliphatic rings. The van der Waals surface area contributed by atoms with Gasteiger partial charge in [-0.3, -0.25) is 9.59 Å². The molecule has 1 unspecified atom stereocenters. The summed E-state index contributed by atoms with van der Waals surface area (Å²) in [5.74, 6) is 1.64. The van der Waals surface area contributed by atoms with Crippen molar-refractivity contribution in [3.63, 3.8) is 0 Å². The average Bonchev–Trinajstić information content (AvgIpc) is 2.77. The molecule has 0 saturated carbocycles. The molecule has 186 valence electrons. The summed E-state index contributed by atoms with van der Waals surface area (Å²) >= 11 is 0. The standard InChI is InChI=1S/C27H43NO5/c1-19(2)22(12-9-10-13-23(20(3)4)27(30)28(5)6)26(29)21-14-15-24(32-8)25(18-21)33-17-11-16-31-7/h9-10,14-15,18-20,22-23H,11-13,16-17H2,1-8H3/b10-9+/t22?,23-/m0/s1. The number of allylic oxidation sites excluding steroid dienone is 2. The highest BCUT2D eigenvalue weighted by molar-refractivity contribution is 5.98. The third kappa shape index (κ3) is 9.20. The second-order valence-electron chi connectivity index (χ2n) is 9.30. The minimum absolute atomic E-state index is 0.0520. The third-order valence-corrected chi connectivity index (χ3v) is 5.85. The summed E-state index contributed by atoms with van der Waals surface area (Å²) in [6, 6.07) is 5.36. The van der Waals surface area contributed by atoms with Gasteiger partial charge in [0.15, 0.2) is 17.3 Å². The van der Waals surface area contributed by atoms with Crippen LogP contribution in [0.2, 0.25) is 0 Å². The molecule has 0 saturated heterocycles. The SMILES string of the molecule is COCCCOc1cc(C(=O)C(C/C=C/C[C@H](C(=O)N(C)C)C(C)C)C(C)C)ccc1OC. The van der Waals surface area contributed by atoms with Crippen molar-refractivity contribution in [2.45, 2.75) is 47.0 Å². The van der Waals surface area contributed by atoms with Crippen molar-refractivity contribution in [2.24, 2.45) is 23.7 Å². The fourth-order valence-electron chi connectivity index (χ4n) is 3.70. The molecule has 1 aromatic carbocycles. The van der Waals surface area contributed by atoms with Crippen LogP contribution in [0.5, 0.6) is 11.5 Å². The Labute approximate surface area is 200 Å². The number of rotatable bonds is 15. The summed E-state index contributed by atoms with van der Waals surface area (Å²) in [4.78, 5) is 27.4. The van der Waals surface area contributed by atoms with Crippen LogP contribution in [0.4, 0.5) is 0 Å². The molecule has 0 spiro atoms. The number of benzene rings is 1. The fourth-order valence-corrected chi connectivity index (χ4v) is 3.70. The highest BCUT2D eigenvalue weighted by atomic mass is 16.5. The van der Waals surface area contributed by atoms with E-state index in [1.807, 2.05) is 12.2 Å². The van der Waals surface area contributed by atoms with Crippen LogP contribution in [0.3, 0.4) is 0 Å². The smallest absolute Gasteiger partial charge is 0.225 e. The van der Waals surface area contributed by atoms with Gasteiger partial charge in [-0.15, -0.1) is 0 Å². The molecule has 0 radical (unpaired) electrons. The normalized spacial score (nSPS) is 13.4. The van der Waals surface area contributed by atoms with Crippen molar-refractivity contribution >= 4 is 11.7 Å². The number of hydrogen-bond acceptors (Lipinski definition) is 5. The van der Waals surface area contributed by atoms with Crippen LogP contribution in [-0.2, 0) is 9.53 Å². The molecule has 0 aliphatic carbocycles. The topological polar surface area (TPSA) is 65.1 Å². The van der Waals surface area contributed by atoms with Gasteiger partial charge in [-0.05, 0) is 42.9 Å². The first-order valence-electron chi connectivity index (χ1n) is 11.8. The molecular formula is C27H43NO5. The molecule has 0 fully saturated rings. The molecule has 1 aromatic rings. The van der Waals surface area contributed by atoms with E-state index in [0.29, 0.717) is 43.1 Å². The van der Waals surface area contributed by atoms with Crippen LogP contribution >= 0.6 is 0 Å². The number of nitrogens with zero attached hydrogens (tertiary/aromatic N) is 1. The zero-order valence-corrected chi connectivity index (χ0v) is 21.7. The lowest BCUT2D eigenvalue weighted by Crippen LogP contribution is -2.32. The highest BCUT2D eigenvalue weighted by Gasteiger charge is 2.25. The average molecular weight is 462 g/mol. The Bertz CT molecular complexity index is 770. The second-order valence-corrected chi connectivity index (χ2v) is 9.30. The lowest BCUT2D eigenvalue weighted by molar-refractivity contribution is -0.134. The number of ether oxygens (including phenoxy) is 3. The Morgan fingerprint density at radius 2 is 1.52 bits per heavy atom. The van der Waals surface area contributed by atoms with Gasteiger partial charge in [0.1, 0.15) is 0 Å². The Balaban J connectivity index is 2.91. The number of hydrogen-bond donors (Lipinski definition) is 0. The Morgan fingerprint density at radius 3 is 2.03 bits per heavy atom. The first kappa shape index (κ1) is 28.7. The quantitative estimate of drug-likeness (QED) is 0.202. The van der Waals surface area contributed by atoms with E-state index in [-0.39, 0.29) is 35.4 Å². The maximum Gasteiger partial charge on any atom is 0.225 e. The maximum absolute atomic E-state index is 13.3. The van der Waals surface area contributed by atoms with E-state index < -0.39 is 0 Å². The van der Waals surface area contributed by atoms with Gasteiger partial charge in [-0.2, -0.15) is 0 Å². The first-order chi connectivity index (χ1) is 15.6. The highest BCUT2D eigenvalue weighted by Crippen LogP contribution is 2.31. The molecule has 0 aliphatic heterocycles. The first-order valence-corrected chi connectivity index (χ1v) is 11.8. The molecule has 33 heavy (non-hydrogen) atoms. The Hall–Kier alpha value is -2.34. The van der Waals surface area contributed by atoms with E-state index in [1.165, 1.54) is 0 Å². The predicted molar refractivity (Wildman–Crippen MR) is 133 cm³/mol. The summed E-state index contributed by atoms with van der Waals surface area (Å²) < 4.78 is 16.3. The lowest BCUT2D eigenvalue weighted by Gasteiger charge is -2.22. The van der Waals surface area contributed by atoms with E-state index >= 15 is 0 Å². The van der Waals surface area contributed by atoms with Crippen LogP contribution < -0.4 is 9.47 Å². The molecule has 1 amide bonds. The predicted octanol–water partition coefficient (Wildman–Crippen LogP) is 5.26. The number of methoxy groups -OCH3 is 2. The largest absolute Gasteiger partial charge is 0.493 e. The van der Waals surface area contributed by atoms with Crippen LogP contribution in [-0.4, -0.2) is 58.1 Å². The summed E-state index contributed by atoms with van der Waals surface area (Å²) in [5.41, 5.74) is 0.618. The van der Waals surface area contributed by atoms with Gasteiger partial charge in [-0.1, -0.05) is 39.8 Å². The molecule has 0 aromatic heterocycles. The lowest BCUT2D eigenvalue weighted by atomic mass is 9.84. The molecule has 0 heterocycles. The third-order valence-electron chi connectivity index (χ3n) is 5.85. The number of carbonyl (C=O) groups is 2. The van der Waals surface area contributed by atoms with Gasteiger partial charge in [-0.25, -0.2) is 0 Å². The maximum atomic E-state index is 13.3. The van der Waals surface area contributed by atoms with Crippen LogP contribution in [0.15, 0.2) is 30.4 Å². The summed E-state index contributed by atoms with van der Waals surface area (Å²) in [5, 5.41) is 0. The summed E-state index contributed by atoms with van der Waals surface area (Å²) in [6.07, 6.45) is 6.16. The minimum Gasteiger partial charge on any atom is -0.493 e. The van der Waals surface area contributed by atoms with Gasteiger partial charge < -0.3 is 19.1 Å². The molecule has 6 heteroatoms. The summed E-state index contributed by atoms with van der Waals surface area (Å²) in [6.45, 7) is 9.36. The van der Waals surface area contributed by atoms with E-state index in [2.05, 4.69) is 27.7 Å². The van der Waals surface area contributed by atoms with E-state index in [9.17, 15) is 9.59 Å². The number of amides is 1. The number of carbonyl (C=O) groups excluding carboxylic acids is 2. The Morgan fingerprint density at radius 1 is 0.909 bits per heavy atom. The number of Topliss-reactive ketones (excluding diaryl/α,β-unsaturated/α-hetero) is 1.